The van der Waals surface area contributed by atoms with Crippen molar-refractivity contribution in [3.8, 4) is 0 Å². The summed E-state index contributed by atoms with van der Waals surface area (Å²) in [6.07, 6.45) is 5.36. The fourth-order valence-corrected chi connectivity index (χ4v) is 3.84. The number of hydrogen-bond acceptors (Lipinski definition) is 3. The minimum Gasteiger partial charge on any atom is -0.357 e. The highest BCUT2D eigenvalue weighted by Gasteiger charge is 2.24. The first-order valence-electron chi connectivity index (χ1n) is 10.5. The molecule has 1 aliphatic rings. The molecule has 0 fully saturated rings. The van der Waals surface area contributed by atoms with E-state index in [1.165, 1.54) is 5.56 Å². The van der Waals surface area contributed by atoms with E-state index in [4.69, 9.17) is 9.98 Å². The third-order valence-electron chi connectivity index (χ3n) is 5.32. The third kappa shape index (κ3) is 4.45. The van der Waals surface area contributed by atoms with Gasteiger partial charge in [-0.25, -0.2) is 4.98 Å². The molecule has 1 aliphatic heterocycles. The van der Waals surface area contributed by atoms with Gasteiger partial charge in [-0.1, -0.05) is 24.3 Å². The van der Waals surface area contributed by atoms with E-state index < -0.39 is 0 Å². The molecule has 1 atom stereocenters. The Labute approximate surface area is 176 Å². The van der Waals surface area contributed by atoms with Crippen LogP contribution in [0.4, 0.5) is 5.69 Å². The number of benzene rings is 1. The lowest BCUT2D eigenvalue weighted by Gasteiger charge is -2.24. The van der Waals surface area contributed by atoms with Crippen LogP contribution in [-0.2, 0) is 11.2 Å². The summed E-state index contributed by atoms with van der Waals surface area (Å²) in [5.41, 5.74) is 5.27. The van der Waals surface area contributed by atoms with Crippen LogP contribution in [0.2, 0.25) is 0 Å². The molecule has 0 bridgehead atoms. The van der Waals surface area contributed by atoms with E-state index in [1.807, 2.05) is 37.4 Å². The molecule has 1 amide bonds. The van der Waals surface area contributed by atoms with E-state index in [0.29, 0.717) is 13.0 Å². The number of carbonyl (C=O) groups is 1. The molecule has 3 aromatic rings. The van der Waals surface area contributed by atoms with Gasteiger partial charge in [-0.15, -0.1) is 0 Å². The van der Waals surface area contributed by atoms with Crippen molar-refractivity contribution in [1.29, 1.82) is 0 Å². The Bertz CT molecular complexity index is 1070. The number of rotatable bonds is 6. The molecule has 4 rings (SSSR count). The maximum absolute atomic E-state index is 12.0. The largest absolute Gasteiger partial charge is 0.357 e. The van der Waals surface area contributed by atoms with E-state index in [2.05, 4.69) is 45.6 Å². The van der Waals surface area contributed by atoms with Crippen molar-refractivity contribution in [2.75, 3.05) is 25.0 Å². The summed E-state index contributed by atoms with van der Waals surface area (Å²) in [5, 5.41) is 9.63. The molecule has 30 heavy (non-hydrogen) atoms. The fraction of sp³-hybridized carbons (Fsp3) is 0.348. The number of anilines is 1. The lowest BCUT2D eigenvalue weighted by Crippen LogP contribution is -2.39. The molecule has 7 nitrogen and oxygen atoms in total. The first-order valence-corrected chi connectivity index (χ1v) is 10.5. The number of carbonyl (C=O) groups excluding carboxylic acids is 1. The number of pyridine rings is 1. The van der Waals surface area contributed by atoms with E-state index in [1.54, 1.807) is 0 Å². The molecule has 156 valence electrons. The Balaban J connectivity index is 1.39. The number of guanidine groups is 1. The molecule has 3 N–H and O–H groups in total. The first kappa shape index (κ1) is 19.9. The molecular weight excluding hydrogens is 376 g/mol. The van der Waals surface area contributed by atoms with Crippen LogP contribution in [0.3, 0.4) is 0 Å². The van der Waals surface area contributed by atoms with Crippen LogP contribution in [0, 0.1) is 6.92 Å². The number of aryl methyl sites for hydroxylation is 1. The molecule has 0 aliphatic carbocycles. The monoisotopic (exact) mass is 404 g/mol. The molecular formula is C23H28N6O. The topological polar surface area (TPSA) is 82.8 Å². The number of para-hydroxylation sites is 1. The zero-order valence-electron chi connectivity index (χ0n) is 17.5. The summed E-state index contributed by atoms with van der Waals surface area (Å²) in [7, 11) is 0. The second kappa shape index (κ2) is 8.98. The normalized spacial score (nSPS) is 16.3. The van der Waals surface area contributed by atoms with E-state index in [9.17, 15) is 4.79 Å². The Kier molecular flexibility index (Phi) is 5.97. The van der Waals surface area contributed by atoms with Gasteiger partial charge in [0.2, 0.25) is 5.91 Å². The number of imidazole rings is 1. The van der Waals surface area contributed by atoms with Gasteiger partial charge in [0.1, 0.15) is 5.65 Å². The fourth-order valence-electron chi connectivity index (χ4n) is 3.84. The van der Waals surface area contributed by atoms with E-state index >= 15 is 0 Å². The first-order chi connectivity index (χ1) is 14.6. The van der Waals surface area contributed by atoms with E-state index in [-0.39, 0.29) is 11.8 Å². The summed E-state index contributed by atoms with van der Waals surface area (Å²) in [5.74, 6) is 0.904. The maximum atomic E-state index is 12.0. The Hall–Kier alpha value is -3.35. The standard InChI is InChI=1S/C23H28N6O/c1-3-24-23(25-11-10-18-15-29-12-6-7-16(2)22(29)27-18)26-14-17-13-21(30)28-20-9-5-4-8-19(17)20/h4-9,12,15,17H,3,10-11,13-14H2,1-2H3,(H,28,30)(H2,24,25,26). The van der Waals surface area contributed by atoms with Crippen LogP contribution in [0.1, 0.15) is 36.1 Å². The molecule has 0 saturated heterocycles. The molecule has 0 radical (unpaired) electrons. The van der Waals surface area contributed by atoms with Crippen LogP contribution in [0.5, 0.6) is 0 Å². The predicted molar refractivity (Wildman–Crippen MR) is 120 cm³/mol. The molecule has 1 aromatic carbocycles. The summed E-state index contributed by atoms with van der Waals surface area (Å²) < 4.78 is 2.07. The Morgan fingerprint density at radius 2 is 2.13 bits per heavy atom. The molecule has 2 aromatic heterocycles. The van der Waals surface area contributed by atoms with Crippen molar-refractivity contribution >= 4 is 23.2 Å². The van der Waals surface area contributed by atoms with Crippen molar-refractivity contribution in [3.05, 3.63) is 65.6 Å². The number of nitrogens with one attached hydrogen (secondary N) is 3. The van der Waals surface area contributed by atoms with Gasteiger partial charge < -0.3 is 20.4 Å². The number of fused-ring (bicyclic) bond motifs is 2. The minimum absolute atomic E-state index is 0.0500. The molecule has 1 unspecified atom stereocenters. The highest BCUT2D eigenvalue weighted by Crippen LogP contribution is 2.31. The van der Waals surface area contributed by atoms with Gasteiger partial charge in [0.15, 0.2) is 5.96 Å². The number of nitrogens with zero attached hydrogens (tertiary/aromatic N) is 3. The van der Waals surface area contributed by atoms with Crippen LogP contribution in [0.25, 0.3) is 5.65 Å². The highest BCUT2D eigenvalue weighted by atomic mass is 16.1. The number of aromatic nitrogens is 2. The van der Waals surface area contributed by atoms with Gasteiger partial charge >= 0.3 is 0 Å². The van der Waals surface area contributed by atoms with Crippen molar-refractivity contribution in [1.82, 2.24) is 20.0 Å². The van der Waals surface area contributed by atoms with Gasteiger partial charge in [-0.3, -0.25) is 9.79 Å². The number of hydrogen-bond donors (Lipinski definition) is 3. The zero-order valence-corrected chi connectivity index (χ0v) is 17.5. The van der Waals surface area contributed by atoms with Gasteiger partial charge in [0.25, 0.3) is 0 Å². The molecule has 3 heterocycles. The van der Waals surface area contributed by atoms with Gasteiger partial charge in [0, 0.05) is 49.9 Å². The molecule has 0 saturated carbocycles. The smallest absolute Gasteiger partial charge is 0.225 e. The Morgan fingerprint density at radius 1 is 1.27 bits per heavy atom. The second-order valence-corrected chi connectivity index (χ2v) is 7.59. The van der Waals surface area contributed by atoms with Crippen molar-refractivity contribution in [2.45, 2.75) is 32.6 Å². The quantitative estimate of drug-likeness (QED) is 0.436. The van der Waals surface area contributed by atoms with E-state index in [0.717, 1.165) is 48.1 Å². The Morgan fingerprint density at radius 3 is 2.97 bits per heavy atom. The van der Waals surface area contributed by atoms with Crippen LogP contribution < -0.4 is 16.0 Å². The summed E-state index contributed by atoms with van der Waals surface area (Å²) in [6, 6.07) is 12.1. The average molecular weight is 405 g/mol. The zero-order chi connectivity index (χ0) is 20.9. The SMILES string of the molecule is CCNC(=NCC1CC(=O)Nc2ccccc21)NCCc1cn2cccc(C)c2n1. The second-order valence-electron chi connectivity index (χ2n) is 7.59. The van der Waals surface area contributed by atoms with Gasteiger partial charge in [-0.2, -0.15) is 0 Å². The van der Waals surface area contributed by atoms with Crippen LogP contribution in [0.15, 0.2) is 53.8 Å². The van der Waals surface area contributed by atoms with Crippen molar-refractivity contribution in [3.63, 3.8) is 0 Å². The molecule has 0 spiro atoms. The summed E-state index contributed by atoms with van der Waals surface area (Å²) in [6.45, 7) is 6.19. The minimum atomic E-state index is 0.0500. The number of aliphatic imine (C=N–C) groups is 1. The summed E-state index contributed by atoms with van der Waals surface area (Å²) in [4.78, 5) is 21.5. The summed E-state index contributed by atoms with van der Waals surface area (Å²) >= 11 is 0. The van der Waals surface area contributed by atoms with Crippen molar-refractivity contribution in [2.24, 2.45) is 4.99 Å². The van der Waals surface area contributed by atoms with Crippen LogP contribution in [-0.4, -0.2) is 40.9 Å². The number of amides is 1. The molecule has 7 heteroatoms. The average Bonchev–Trinajstić information content (AvgIpc) is 3.16. The van der Waals surface area contributed by atoms with Crippen LogP contribution >= 0.6 is 0 Å². The van der Waals surface area contributed by atoms with Gasteiger partial charge in [0.05, 0.1) is 12.2 Å². The van der Waals surface area contributed by atoms with Gasteiger partial charge in [-0.05, 0) is 37.1 Å². The maximum Gasteiger partial charge on any atom is 0.225 e. The highest BCUT2D eigenvalue weighted by molar-refractivity contribution is 5.94. The van der Waals surface area contributed by atoms with Crippen molar-refractivity contribution < 1.29 is 4.79 Å². The third-order valence-corrected chi connectivity index (χ3v) is 5.32. The predicted octanol–water partition coefficient (Wildman–Crippen LogP) is 2.87. The lowest BCUT2D eigenvalue weighted by molar-refractivity contribution is -0.116. The lowest BCUT2D eigenvalue weighted by atomic mass is 9.91.